The van der Waals surface area contributed by atoms with Crippen molar-refractivity contribution >= 4 is 5.69 Å². The molecule has 2 N–H and O–H groups in total. The Kier molecular flexibility index (Phi) is 3.29. The molecule has 1 unspecified atom stereocenters. The predicted octanol–water partition coefficient (Wildman–Crippen LogP) is 2.19. The summed E-state index contributed by atoms with van der Waals surface area (Å²) in [7, 11) is 3.71. The Balaban J connectivity index is 3.10. The second-order valence-electron chi connectivity index (χ2n) is 4.03. The van der Waals surface area contributed by atoms with Crippen LogP contribution in [0, 0.1) is 0 Å². The molecule has 0 aliphatic rings. The van der Waals surface area contributed by atoms with Crippen LogP contribution in [-0.2, 0) is 5.54 Å². The highest BCUT2D eigenvalue weighted by Gasteiger charge is 2.32. The monoisotopic (exact) mass is 214 g/mol. The Labute approximate surface area is 88.7 Å². The van der Waals surface area contributed by atoms with Crippen LogP contribution in [0.2, 0.25) is 0 Å². The van der Waals surface area contributed by atoms with E-state index in [0.29, 0.717) is 5.56 Å². The van der Waals surface area contributed by atoms with Crippen molar-refractivity contribution in [3.63, 3.8) is 0 Å². The molecule has 0 aliphatic heterocycles. The summed E-state index contributed by atoms with van der Waals surface area (Å²) in [4.78, 5) is 1.85. The molecule has 1 rings (SSSR count). The van der Waals surface area contributed by atoms with Crippen LogP contribution in [0.25, 0.3) is 0 Å². The molecule has 0 heterocycles. The van der Waals surface area contributed by atoms with Crippen LogP contribution in [0.5, 0.6) is 0 Å². The van der Waals surface area contributed by atoms with Crippen LogP contribution >= 0.6 is 0 Å². The quantitative estimate of drug-likeness (QED) is 0.835. The molecule has 0 saturated carbocycles. The van der Waals surface area contributed by atoms with Gasteiger partial charge in [0.25, 0.3) is 6.43 Å². The van der Waals surface area contributed by atoms with E-state index in [4.69, 9.17) is 5.73 Å². The molecule has 1 atom stereocenters. The summed E-state index contributed by atoms with van der Waals surface area (Å²) in [6.45, 7) is 1.34. The van der Waals surface area contributed by atoms with E-state index in [1.54, 1.807) is 18.2 Å². The molecule has 84 valence electrons. The average Bonchev–Trinajstić information content (AvgIpc) is 2.17. The van der Waals surface area contributed by atoms with Crippen molar-refractivity contribution in [1.29, 1.82) is 0 Å². The topological polar surface area (TPSA) is 29.3 Å². The van der Waals surface area contributed by atoms with Crippen molar-refractivity contribution in [2.45, 2.75) is 18.9 Å². The Hall–Kier alpha value is -1.16. The molecule has 1 aromatic carbocycles. The second kappa shape index (κ2) is 4.14. The molecule has 2 nitrogen and oxygen atoms in total. The average molecular weight is 214 g/mol. The van der Waals surface area contributed by atoms with Gasteiger partial charge in [0, 0.05) is 19.8 Å². The van der Waals surface area contributed by atoms with Crippen LogP contribution in [0.15, 0.2) is 24.3 Å². The molecule has 0 fully saturated rings. The molecule has 0 amide bonds. The van der Waals surface area contributed by atoms with Crippen molar-refractivity contribution in [2.75, 3.05) is 19.0 Å². The van der Waals surface area contributed by atoms with Crippen LogP contribution in [0.1, 0.15) is 12.5 Å². The fourth-order valence-corrected chi connectivity index (χ4v) is 1.25. The Morgan fingerprint density at radius 1 is 1.33 bits per heavy atom. The maximum atomic E-state index is 12.7. The number of anilines is 1. The number of alkyl halides is 2. The SMILES string of the molecule is CN(C)c1cccc(C(C)(N)C(F)F)c1. The third-order valence-corrected chi connectivity index (χ3v) is 2.44. The highest BCUT2D eigenvalue weighted by molar-refractivity contribution is 5.48. The number of halogens is 2. The normalized spacial score (nSPS) is 15.1. The fourth-order valence-electron chi connectivity index (χ4n) is 1.25. The maximum absolute atomic E-state index is 12.7. The number of rotatable bonds is 3. The highest BCUT2D eigenvalue weighted by Crippen LogP contribution is 2.27. The lowest BCUT2D eigenvalue weighted by Crippen LogP contribution is -2.40. The van der Waals surface area contributed by atoms with Gasteiger partial charge in [0.2, 0.25) is 0 Å². The van der Waals surface area contributed by atoms with E-state index < -0.39 is 12.0 Å². The fraction of sp³-hybridized carbons (Fsp3) is 0.455. The van der Waals surface area contributed by atoms with Crippen molar-refractivity contribution < 1.29 is 8.78 Å². The summed E-state index contributed by atoms with van der Waals surface area (Å²) in [5.41, 5.74) is 5.30. The lowest BCUT2D eigenvalue weighted by molar-refractivity contribution is 0.0625. The van der Waals surface area contributed by atoms with Gasteiger partial charge in [-0.1, -0.05) is 12.1 Å². The lowest BCUT2D eigenvalue weighted by atomic mass is 9.93. The smallest absolute Gasteiger partial charge is 0.260 e. The van der Waals surface area contributed by atoms with Crippen molar-refractivity contribution in [1.82, 2.24) is 0 Å². The zero-order valence-electron chi connectivity index (χ0n) is 9.17. The van der Waals surface area contributed by atoms with Gasteiger partial charge in [0.1, 0.15) is 0 Å². The first-order valence-corrected chi connectivity index (χ1v) is 4.70. The molecule has 0 radical (unpaired) electrons. The maximum Gasteiger partial charge on any atom is 0.260 e. The largest absolute Gasteiger partial charge is 0.378 e. The van der Waals surface area contributed by atoms with Gasteiger partial charge in [0.05, 0.1) is 5.54 Å². The van der Waals surface area contributed by atoms with Gasteiger partial charge in [-0.2, -0.15) is 0 Å². The minimum atomic E-state index is -2.57. The van der Waals surface area contributed by atoms with Crippen LogP contribution in [0.4, 0.5) is 14.5 Å². The van der Waals surface area contributed by atoms with Crippen molar-refractivity contribution in [3.05, 3.63) is 29.8 Å². The van der Waals surface area contributed by atoms with E-state index in [0.717, 1.165) is 5.69 Å². The number of nitrogens with zero attached hydrogens (tertiary/aromatic N) is 1. The minimum Gasteiger partial charge on any atom is -0.378 e. The van der Waals surface area contributed by atoms with E-state index in [9.17, 15) is 8.78 Å². The zero-order chi connectivity index (χ0) is 11.6. The Bertz CT molecular complexity index is 335. The molecule has 4 heteroatoms. The standard InChI is InChI=1S/C11H16F2N2/c1-11(14,10(12)13)8-5-4-6-9(7-8)15(2)3/h4-7,10H,14H2,1-3H3. The Morgan fingerprint density at radius 2 is 1.93 bits per heavy atom. The first-order chi connectivity index (χ1) is 6.85. The third-order valence-electron chi connectivity index (χ3n) is 2.44. The molecule has 15 heavy (non-hydrogen) atoms. The first-order valence-electron chi connectivity index (χ1n) is 4.70. The van der Waals surface area contributed by atoms with Crippen LogP contribution in [0.3, 0.4) is 0 Å². The van der Waals surface area contributed by atoms with Crippen molar-refractivity contribution in [2.24, 2.45) is 5.73 Å². The molecule has 0 aliphatic carbocycles. The first kappa shape index (κ1) is 11.9. The minimum absolute atomic E-state index is 0.448. The van der Waals surface area contributed by atoms with Gasteiger partial charge in [-0.3, -0.25) is 0 Å². The van der Waals surface area contributed by atoms with Gasteiger partial charge < -0.3 is 10.6 Å². The summed E-state index contributed by atoms with van der Waals surface area (Å²) < 4.78 is 25.4. The summed E-state index contributed by atoms with van der Waals surface area (Å²) >= 11 is 0. The third kappa shape index (κ3) is 2.45. The molecule has 0 saturated heterocycles. The Morgan fingerprint density at radius 3 is 2.40 bits per heavy atom. The number of hydrogen-bond donors (Lipinski definition) is 1. The summed E-state index contributed by atoms with van der Waals surface area (Å²) in [6.07, 6.45) is -2.57. The lowest BCUT2D eigenvalue weighted by Gasteiger charge is -2.25. The number of nitrogens with two attached hydrogens (primary N) is 1. The second-order valence-corrected chi connectivity index (χ2v) is 4.03. The van der Waals surface area contributed by atoms with E-state index >= 15 is 0 Å². The summed E-state index contributed by atoms with van der Waals surface area (Å²) in [5, 5.41) is 0. The molecule has 1 aromatic rings. The van der Waals surface area contributed by atoms with Gasteiger partial charge in [-0.25, -0.2) is 8.78 Å². The zero-order valence-corrected chi connectivity index (χ0v) is 9.17. The molecule has 0 bridgehead atoms. The van der Waals surface area contributed by atoms with Gasteiger partial charge in [-0.05, 0) is 24.6 Å². The van der Waals surface area contributed by atoms with Gasteiger partial charge >= 0.3 is 0 Å². The molecule has 0 aromatic heterocycles. The number of hydrogen-bond acceptors (Lipinski definition) is 2. The van der Waals surface area contributed by atoms with E-state index in [2.05, 4.69) is 0 Å². The van der Waals surface area contributed by atoms with Crippen LogP contribution < -0.4 is 10.6 Å². The van der Waals surface area contributed by atoms with Gasteiger partial charge in [-0.15, -0.1) is 0 Å². The van der Waals surface area contributed by atoms with E-state index in [1.165, 1.54) is 6.92 Å². The highest BCUT2D eigenvalue weighted by atomic mass is 19.3. The van der Waals surface area contributed by atoms with E-state index in [1.807, 2.05) is 25.1 Å². The predicted molar refractivity (Wildman–Crippen MR) is 58.3 cm³/mol. The molecular weight excluding hydrogens is 198 g/mol. The number of benzene rings is 1. The van der Waals surface area contributed by atoms with Gasteiger partial charge in [0.15, 0.2) is 0 Å². The van der Waals surface area contributed by atoms with Crippen LogP contribution in [-0.4, -0.2) is 20.5 Å². The summed E-state index contributed by atoms with van der Waals surface area (Å²) in [6, 6.07) is 6.90. The molecular formula is C11H16F2N2. The van der Waals surface area contributed by atoms with E-state index in [-0.39, 0.29) is 0 Å². The van der Waals surface area contributed by atoms with Crippen molar-refractivity contribution in [3.8, 4) is 0 Å². The summed E-state index contributed by atoms with van der Waals surface area (Å²) in [5.74, 6) is 0. The molecule has 0 spiro atoms.